The van der Waals surface area contributed by atoms with Crippen molar-refractivity contribution in [2.24, 2.45) is 11.7 Å². The summed E-state index contributed by atoms with van der Waals surface area (Å²) in [6.45, 7) is 0. The van der Waals surface area contributed by atoms with Crippen molar-refractivity contribution in [3.8, 4) is 0 Å². The second-order valence-electron chi connectivity index (χ2n) is 4.30. The summed E-state index contributed by atoms with van der Waals surface area (Å²) in [7, 11) is 1.40. The molecular weight excluding hydrogens is 202 g/mol. The number of ether oxygens (including phenoxy) is 1. The van der Waals surface area contributed by atoms with E-state index < -0.39 is 0 Å². The summed E-state index contributed by atoms with van der Waals surface area (Å²) in [5.74, 6) is 0.219. The first-order valence-corrected chi connectivity index (χ1v) is 5.67. The standard InChI is InChI=1S/C13H17NO2/c1-16-13(15)11-8-3-2-7-10(11)12(14)9-5-4-6-9/h2-3,7-9,12H,4-6,14H2,1H3/t12-/m0/s1. The molecule has 3 heteroatoms. The summed E-state index contributed by atoms with van der Waals surface area (Å²) < 4.78 is 4.76. The van der Waals surface area contributed by atoms with Crippen LogP contribution in [0.15, 0.2) is 24.3 Å². The molecule has 1 atom stereocenters. The Morgan fingerprint density at radius 1 is 1.44 bits per heavy atom. The van der Waals surface area contributed by atoms with Crippen molar-refractivity contribution in [1.82, 2.24) is 0 Å². The summed E-state index contributed by atoms with van der Waals surface area (Å²) in [6.07, 6.45) is 3.58. The van der Waals surface area contributed by atoms with Crippen LogP contribution < -0.4 is 5.73 Å². The van der Waals surface area contributed by atoms with Gasteiger partial charge in [0.1, 0.15) is 0 Å². The third-order valence-electron chi connectivity index (χ3n) is 3.38. The van der Waals surface area contributed by atoms with Gasteiger partial charge in [0.15, 0.2) is 0 Å². The molecule has 3 nitrogen and oxygen atoms in total. The van der Waals surface area contributed by atoms with Crippen LogP contribution in [0.4, 0.5) is 0 Å². The monoisotopic (exact) mass is 219 g/mol. The molecule has 2 rings (SSSR count). The van der Waals surface area contributed by atoms with Crippen LogP contribution in [-0.4, -0.2) is 13.1 Å². The van der Waals surface area contributed by atoms with Crippen molar-refractivity contribution in [1.29, 1.82) is 0 Å². The lowest BCUT2D eigenvalue weighted by Crippen LogP contribution is -2.28. The molecule has 1 saturated carbocycles. The highest BCUT2D eigenvalue weighted by atomic mass is 16.5. The van der Waals surface area contributed by atoms with Crippen molar-refractivity contribution in [2.45, 2.75) is 25.3 Å². The molecule has 0 bridgehead atoms. The van der Waals surface area contributed by atoms with Gasteiger partial charge in [0.2, 0.25) is 0 Å². The maximum absolute atomic E-state index is 11.6. The molecule has 0 spiro atoms. The van der Waals surface area contributed by atoms with Gasteiger partial charge >= 0.3 is 5.97 Å². The quantitative estimate of drug-likeness (QED) is 0.793. The Kier molecular flexibility index (Phi) is 3.25. The molecule has 0 unspecified atom stereocenters. The van der Waals surface area contributed by atoms with E-state index in [2.05, 4.69) is 0 Å². The van der Waals surface area contributed by atoms with Crippen LogP contribution >= 0.6 is 0 Å². The number of hydrogen-bond donors (Lipinski definition) is 1. The Balaban J connectivity index is 2.27. The van der Waals surface area contributed by atoms with Gasteiger partial charge in [-0.3, -0.25) is 0 Å². The van der Waals surface area contributed by atoms with E-state index in [0.717, 1.165) is 18.4 Å². The molecule has 86 valence electrons. The minimum Gasteiger partial charge on any atom is -0.465 e. The van der Waals surface area contributed by atoms with E-state index in [1.165, 1.54) is 13.5 Å². The number of carbonyl (C=O) groups excluding carboxylic acids is 1. The highest BCUT2D eigenvalue weighted by molar-refractivity contribution is 5.91. The van der Waals surface area contributed by atoms with Gasteiger partial charge in [-0.25, -0.2) is 4.79 Å². The highest BCUT2D eigenvalue weighted by Crippen LogP contribution is 2.37. The van der Waals surface area contributed by atoms with Gasteiger partial charge in [0, 0.05) is 6.04 Å². The molecule has 0 amide bonds. The van der Waals surface area contributed by atoms with Crippen LogP contribution in [0.3, 0.4) is 0 Å². The zero-order valence-corrected chi connectivity index (χ0v) is 9.48. The largest absolute Gasteiger partial charge is 0.465 e. The Morgan fingerprint density at radius 3 is 2.69 bits per heavy atom. The maximum atomic E-state index is 11.6. The van der Waals surface area contributed by atoms with Crippen molar-refractivity contribution in [3.05, 3.63) is 35.4 Å². The molecule has 0 aliphatic heterocycles. The predicted octanol–water partition coefficient (Wildman–Crippen LogP) is 2.27. The van der Waals surface area contributed by atoms with Crippen molar-refractivity contribution < 1.29 is 9.53 Å². The van der Waals surface area contributed by atoms with Gasteiger partial charge in [-0.1, -0.05) is 24.6 Å². The van der Waals surface area contributed by atoms with E-state index in [-0.39, 0.29) is 12.0 Å². The van der Waals surface area contributed by atoms with Crippen LogP contribution in [0.2, 0.25) is 0 Å². The second-order valence-corrected chi connectivity index (χ2v) is 4.30. The normalized spacial score (nSPS) is 17.6. The average Bonchev–Trinajstić information content (AvgIpc) is 2.25. The minimum atomic E-state index is -0.301. The van der Waals surface area contributed by atoms with E-state index in [4.69, 9.17) is 10.5 Å². The van der Waals surface area contributed by atoms with Crippen molar-refractivity contribution in [2.75, 3.05) is 7.11 Å². The fourth-order valence-electron chi connectivity index (χ4n) is 2.14. The Hall–Kier alpha value is -1.35. The van der Waals surface area contributed by atoms with E-state index in [1.807, 2.05) is 18.2 Å². The summed E-state index contributed by atoms with van der Waals surface area (Å²) >= 11 is 0. The van der Waals surface area contributed by atoms with Crippen molar-refractivity contribution >= 4 is 5.97 Å². The number of nitrogens with two attached hydrogens (primary N) is 1. The van der Waals surface area contributed by atoms with E-state index in [1.54, 1.807) is 6.07 Å². The second kappa shape index (κ2) is 4.66. The fraction of sp³-hybridized carbons (Fsp3) is 0.462. The van der Waals surface area contributed by atoms with Crippen LogP contribution in [0.5, 0.6) is 0 Å². The van der Waals surface area contributed by atoms with Gasteiger partial charge in [-0.2, -0.15) is 0 Å². The first-order chi connectivity index (χ1) is 7.74. The number of carbonyl (C=O) groups is 1. The van der Waals surface area contributed by atoms with E-state index in [9.17, 15) is 4.79 Å². The number of hydrogen-bond acceptors (Lipinski definition) is 3. The Bertz CT molecular complexity index is 385. The molecule has 1 aliphatic carbocycles. The maximum Gasteiger partial charge on any atom is 0.338 e. The van der Waals surface area contributed by atoms with Crippen molar-refractivity contribution in [3.63, 3.8) is 0 Å². The molecule has 0 saturated heterocycles. The summed E-state index contributed by atoms with van der Waals surface area (Å²) in [4.78, 5) is 11.6. The zero-order chi connectivity index (χ0) is 11.5. The fourth-order valence-corrected chi connectivity index (χ4v) is 2.14. The van der Waals surface area contributed by atoms with E-state index >= 15 is 0 Å². The highest BCUT2D eigenvalue weighted by Gasteiger charge is 2.28. The molecular formula is C13H17NO2. The number of benzene rings is 1. The van der Waals surface area contributed by atoms with Gasteiger partial charge in [-0.15, -0.1) is 0 Å². The van der Waals surface area contributed by atoms with Crippen LogP contribution in [0.1, 0.15) is 41.2 Å². The zero-order valence-electron chi connectivity index (χ0n) is 9.48. The molecule has 1 aromatic rings. The molecule has 1 fully saturated rings. The predicted molar refractivity (Wildman–Crippen MR) is 62.1 cm³/mol. The molecule has 16 heavy (non-hydrogen) atoms. The van der Waals surface area contributed by atoms with E-state index in [0.29, 0.717) is 11.5 Å². The number of methoxy groups -OCH3 is 1. The first kappa shape index (κ1) is 11.1. The lowest BCUT2D eigenvalue weighted by atomic mass is 9.77. The average molecular weight is 219 g/mol. The molecule has 0 radical (unpaired) electrons. The minimum absolute atomic E-state index is 0.0379. The molecule has 2 N–H and O–H groups in total. The molecule has 0 heterocycles. The lowest BCUT2D eigenvalue weighted by Gasteiger charge is -2.32. The van der Waals surface area contributed by atoms with Crippen LogP contribution in [0.25, 0.3) is 0 Å². The third-order valence-corrected chi connectivity index (χ3v) is 3.38. The molecule has 1 aliphatic rings. The summed E-state index contributed by atoms with van der Waals surface area (Å²) in [5.41, 5.74) is 7.70. The molecule has 0 aromatic heterocycles. The summed E-state index contributed by atoms with van der Waals surface area (Å²) in [6, 6.07) is 7.42. The Morgan fingerprint density at radius 2 is 2.12 bits per heavy atom. The van der Waals surface area contributed by atoms with Crippen LogP contribution in [-0.2, 0) is 4.74 Å². The smallest absolute Gasteiger partial charge is 0.338 e. The number of esters is 1. The molecule has 1 aromatic carbocycles. The third kappa shape index (κ3) is 1.95. The van der Waals surface area contributed by atoms with Gasteiger partial charge in [0.05, 0.1) is 12.7 Å². The van der Waals surface area contributed by atoms with Gasteiger partial charge < -0.3 is 10.5 Å². The van der Waals surface area contributed by atoms with Crippen LogP contribution in [0, 0.1) is 5.92 Å². The lowest BCUT2D eigenvalue weighted by molar-refractivity contribution is 0.0598. The van der Waals surface area contributed by atoms with Gasteiger partial charge in [0.25, 0.3) is 0 Å². The van der Waals surface area contributed by atoms with Gasteiger partial charge in [-0.05, 0) is 30.4 Å². The topological polar surface area (TPSA) is 52.3 Å². The first-order valence-electron chi connectivity index (χ1n) is 5.67. The number of rotatable bonds is 3. The Labute approximate surface area is 95.6 Å². The SMILES string of the molecule is COC(=O)c1ccccc1[C@@H](N)C1CCC1. The summed E-state index contributed by atoms with van der Waals surface area (Å²) in [5, 5.41) is 0.